The van der Waals surface area contributed by atoms with Gasteiger partial charge in [0.2, 0.25) is 0 Å². The third-order valence-electron chi connectivity index (χ3n) is 4.10. The summed E-state index contributed by atoms with van der Waals surface area (Å²) >= 11 is 1.69. The first-order valence-electron chi connectivity index (χ1n) is 7.01. The molecule has 2 aromatic rings. The summed E-state index contributed by atoms with van der Waals surface area (Å²) in [5, 5.41) is 14.9. The Kier molecular flexibility index (Phi) is 3.46. The molecule has 0 spiro atoms. The summed E-state index contributed by atoms with van der Waals surface area (Å²) in [7, 11) is 0. The molecule has 0 aliphatic heterocycles. The molecule has 0 radical (unpaired) electrons. The van der Waals surface area contributed by atoms with Crippen molar-refractivity contribution in [2.75, 3.05) is 0 Å². The topological polar surface area (TPSA) is 20.2 Å². The number of rotatable bonds is 3. The summed E-state index contributed by atoms with van der Waals surface area (Å²) in [6.45, 7) is 1.93. The van der Waals surface area contributed by atoms with E-state index in [2.05, 4.69) is 35.0 Å². The van der Waals surface area contributed by atoms with E-state index in [-0.39, 0.29) is 0 Å². The molecule has 1 aliphatic carbocycles. The van der Waals surface area contributed by atoms with E-state index in [1.807, 2.05) is 6.92 Å². The molecule has 3 rings (SSSR count). The van der Waals surface area contributed by atoms with Gasteiger partial charge in [-0.25, -0.2) is 0 Å². The van der Waals surface area contributed by atoms with E-state index >= 15 is 0 Å². The van der Waals surface area contributed by atoms with E-state index in [9.17, 15) is 5.11 Å². The molecule has 100 valence electrons. The van der Waals surface area contributed by atoms with Crippen molar-refractivity contribution in [3.63, 3.8) is 0 Å². The molecule has 1 aliphatic rings. The van der Waals surface area contributed by atoms with E-state index in [0.29, 0.717) is 6.42 Å². The van der Waals surface area contributed by atoms with Crippen molar-refractivity contribution in [2.24, 2.45) is 0 Å². The lowest BCUT2D eigenvalue weighted by molar-refractivity contribution is 0.0576. The second-order valence-corrected chi connectivity index (χ2v) is 6.55. The maximum Gasteiger partial charge on any atom is 0.0909 e. The molecule has 0 bridgehead atoms. The quantitative estimate of drug-likeness (QED) is 0.892. The van der Waals surface area contributed by atoms with Gasteiger partial charge in [-0.2, -0.15) is 11.3 Å². The lowest BCUT2D eigenvalue weighted by Crippen LogP contribution is -2.24. The van der Waals surface area contributed by atoms with Crippen LogP contribution in [0.3, 0.4) is 0 Å². The van der Waals surface area contributed by atoms with Crippen molar-refractivity contribution < 1.29 is 5.11 Å². The monoisotopic (exact) mass is 272 g/mol. The van der Waals surface area contributed by atoms with Crippen LogP contribution in [0.15, 0.2) is 35.0 Å². The van der Waals surface area contributed by atoms with Crippen LogP contribution in [-0.4, -0.2) is 5.11 Å². The number of benzene rings is 1. The lowest BCUT2D eigenvalue weighted by atomic mass is 9.84. The Balaban J connectivity index is 1.88. The van der Waals surface area contributed by atoms with Gasteiger partial charge in [0.15, 0.2) is 0 Å². The van der Waals surface area contributed by atoms with E-state index in [4.69, 9.17) is 0 Å². The molecular formula is C17H20OS. The third-order valence-corrected chi connectivity index (χ3v) is 4.83. The Morgan fingerprint density at radius 1 is 1.16 bits per heavy atom. The summed E-state index contributed by atoms with van der Waals surface area (Å²) in [5.74, 6) is 0. The van der Waals surface area contributed by atoms with Gasteiger partial charge in [0.1, 0.15) is 0 Å². The number of fused-ring (bicyclic) bond motifs is 1. The zero-order chi connectivity index (χ0) is 13.3. The van der Waals surface area contributed by atoms with Gasteiger partial charge < -0.3 is 5.11 Å². The summed E-state index contributed by atoms with van der Waals surface area (Å²) in [6, 6.07) is 8.64. The molecule has 2 heteroatoms. The van der Waals surface area contributed by atoms with E-state index in [1.165, 1.54) is 36.0 Å². The third kappa shape index (κ3) is 2.75. The van der Waals surface area contributed by atoms with E-state index < -0.39 is 5.60 Å². The molecular weight excluding hydrogens is 252 g/mol. The van der Waals surface area contributed by atoms with Gasteiger partial charge in [-0.05, 0) is 71.7 Å². The molecule has 0 fully saturated rings. The molecule has 0 saturated carbocycles. The highest BCUT2D eigenvalue weighted by atomic mass is 32.1. The SMILES string of the molecule is CC(O)(Cc1ccsc1)c1ccc2c(c1)CCCC2. The van der Waals surface area contributed by atoms with Crippen molar-refractivity contribution in [1.29, 1.82) is 0 Å². The minimum Gasteiger partial charge on any atom is -0.385 e. The molecule has 19 heavy (non-hydrogen) atoms. The molecule has 0 saturated heterocycles. The summed E-state index contributed by atoms with van der Waals surface area (Å²) in [5.41, 5.74) is 4.41. The number of aliphatic hydroxyl groups is 1. The van der Waals surface area contributed by atoms with Gasteiger partial charge in [-0.1, -0.05) is 18.2 Å². The van der Waals surface area contributed by atoms with Crippen LogP contribution < -0.4 is 0 Å². The smallest absolute Gasteiger partial charge is 0.0909 e. The maximum atomic E-state index is 10.8. The van der Waals surface area contributed by atoms with Crippen LogP contribution in [0.5, 0.6) is 0 Å². The number of thiophene rings is 1. The molecule has 1 aromatic heterocycles. The van der Waals surface area contributed by atoms with Crippen LogP contribution >= 0.6 is 11.3 Å². The molecule has 0 amide bonds. The fourth-order valence-corrected chi connectivity index (χ4v) is 3.63. The first-order valence-corrected chi connectivity index (χ1v) is 7.95. The molecule has 1 atom stereocenters. The Labute approximate surface area is 118 Å². The van der Waals surface area contributed by atoms with Crippen molar-refractivity contribution in [2.45, 2.75) is 44.6 Å². The highest BCUT2D eigenvalue weighted by Gasteiger charge is 2.25. The fraction of sp³-hybridized carbons (Fsp3) is 0.412. The minimum atomic E-state index is -0.770. The van der Waals surface area contributed by atoms with Gasteiger partial charge in [0, 0.05) is 6.42 Å². The molecule has 1 N–H and O–H groups in total. The van der Waals surface area contributed by atoms with Gasteiger partial charge >= 0.3 is 0 Å². The number of hydrogen-bond acceptors (Lipinski definition) is 2. The van der Waals surface area contributed by atoms with Crippen LogP contribution in [0, 0.1) is 0 Å². The summed E-state index contributed by atoms with van der Waals surface area (Å²) in [4.78, 5) is 0. The van der Waals surface area contributed by atoms with Crippen molar-refractivity contribution in [1.82, 2.24) is 0 Å². The van der Waals surface area contributed by atoms with E-state index in [0.717, 1.165) is 12.0 Å². The Hall–Kier alpha value is -1.12. The van der Waals surface area contributed by atoms with Gasteiger partial charge in [-0.3, -0.25) is 0 Å². The normalized spacial score (nSPS) is 17.8. The summed E-state index contributed by atoms with van der Waals surface area (Å²) in [6.07, 6.45) is 5.63. The van der Waals surface area contributed by atoms with Gasteiger partial charge in [-0.15, -0.1) is 0 Å². The van der Waals surface area contributed by atoms with Crippen LogP contribution in [0.2, 0.25) is 0 Å². The van der Waals surface area contributed by atoms with Crippen molar-refractivity contribution >= 4 is 11.3 Å². The predicted octanol–water partition coefficient (Wildman–Crippen LogP) is 4.08. The highest BCUT2D eigenvalue weighted by molar-refractivity contribution is 7.07. The largest absolute Gasteiger partial charge is 0.385 e. The minimum absolute atomic E-state index is 0.690. The van der Waals surface area contributed by atoms with Crippen LogP contribution in [-0.2, 0) is 24.9 Å². The first kappa shape index (κ1) is 12.9. The first-order chi connectivity index (χ1) is 9.15. The second-order valence-electron chi connectivity index (χ2n) is 5.77. The standard InChI is InChI=1S/C17H20OS/c1-17(18,11-13-8-9-19-12-13)16-7-6-14-4-2-3-5-15(14)10-16/h6-10,12,18H,2-5,11H2,1H3. The summed E-state index contributed by atoms with van der Waals surface area (Å²) < 4.78 is 0. The van der Waals surface area contributed by atoms with Crippen LogP contribution in [0.25, 0.3) is 0 Å². The zero-order valence-corrected chi connectivity index (χ0v) is 12.2. The van der Waals surface area contributed by atoms with Gasteiger partial charge in [0.25, 0.3) is 0 Å². The van der Waals surface area contributed by atoms with Crippen molar-refractivity contribution in [3.05, 3.63) is 57.3 Å². The highest BCUT2D eigenvalue weighted by Crippen LogP contribution is 2.30. The Morgan fingerprint density at radius 3 is 2.68 bits per heavy atom. The van der Waals surface area contributed by atoms with Crippen molar-refractivity contribution in [3.8, 4) is 0 Å². The Morgan fingerprint density at radius 2 is 1.95 bits per heavy atom. The molecule has 1 aromatic carbocycles. The number of aryl methyl sites for hydroxylation is 2. The van der Waals surface area contributed by atoms with E-state index in [1.54, 1.807) is 11.3 Å². The molecule has 1 nitrogen and oxygen atoms in total. The second kappa shape index (κ2) is 5.10. The van der Waals surface area contributed by atoms with Crippen LogP contribution in [0.4, 0.5) is 0 Å². The predicted molar refractivity (Wildman–Crippen MR) is 80.7 cm³/mol. The number of hydrogen-bond donors (Lipinski definition) is 1. The van der Waals surface area contributed by atoms with Crippen LogP contribution in [0.1, 0.15) is 42.0 Å². The average molecular weight is 272 g/mol. The Bertz CT molecular complexity index is 555. The van der Waals surface area contributed by atoms with Gasteiger partial charge in [0.05, 0.1) is 5.60 Å². The molecule has 1 unspecified atom stereocenters. The zero-order valence-electron chi connectivity index (χ0n) is 11.4. The molecule has 1 heterocycles. The maximum absolute atomic E-state index is 10.8. The fourth-order valence-electron chi connectivity index (χ4n) is 2.96. The lowest BCUT2D eigenvalue weighted by Gasteiger charge is -2.26. The average Bonchev–Trinajstić information content (AvgIpc) is 2.90.